The average molecular weight is 353 g/mol. The number of aromatic nitrogens is 4. The molecular formula is C18H13ClN4O2. The van der Waals surface area contributed by atoms with Gasteiger partial charge >= 0.3 is 0 Å². The molecule has 7 heteroatoms. The summed E-state index contributed by atoms with van der Waals surface area (Å²) in [5.41, 5.74) is 0.881. The van der Waals surface area contributed by atoms with Gasteiger partial charge in [0.2, 0.25) is 0 Å². The third-order valence-corrected chi connectivity index (χ3v) is 4.27. The van der Waals surface area contributed by atoms with Crippen LogP contribution in [0.1, 0.15) is 5.82 Å². The third-order valence-electron chi connectivity index (χ3n) is 4.04. The van der Waals surface area contributed by atoms with Crippen LogP contribution >= 0.6 is 11.6 Å². The summed E-state index contributed by atoms with van der Waals surface area (Å²) in [6.45, 7) is 0.357. The lowest BCUT2D eigenvalue weighted by Gasteiger charge is -2.07. The molecule has 4 aromatic rings. The number of aryl methyl sites for hydroxylation is 2. The summed E-state index contributed by atoms with van der Waals surface area (Å²) < 4.78 is 1.49. The van der Waals surface area contributed by atoms with Crippen molar-refractivity contribution in [3.05, 3.63) is 80.3 Å². The van der Waals surface area contributed by atoms with E-state index in [9.17, 15) is 9.59 Å². The minimum absolute atomic E-state index is 0.171. The SMILES string of the molecule is O=c1[nH]c(CCn2cnc3ccc(Cl)cc3c2=O)nc2ccccc12. The lowest BCUT2D eigenvalue weighted by atomic mass is 10.2. The minimum atomic E-state index is -0.184. The molecule has 1 N–H and O–H groups in total. The molecule has 2 aromatic heterocycles. The molecule has 0 saturated carbocycles. The molecule has 0 unspecified atom stereocenters. The minimum Gasteiger partial charge on any atom is -0.310 e. The predicted molar refractivity (Wildman–Crippen MR) is 97.1 cm³/mol. The summed E-state index contributed by atoms with van der Waals surface area (Å²) in [5.74, 6) is 0.529. The van der Waals surface area contributed by atoms with Crippen LogP contribution < -0.4 is 11.1 Å². The summed E-state index contributed by atoms with van der Waals surface area (Å²) in [6.07, 6.45) is 1.91. The molecule has 2 aromatic carbocycles. The first-order valence-corrected chi connectivity index (χ1v) is 8.12. The van der Waals surface area contributed by atoms with E-state index in [2.05, 4.69) is 15.0 Å². The summed E-state index contributed by atoms with van der Waals surface area (Å²) in [7, 11) is 0. The molecule has 0 amide bonds. The van der Waals surface area contributed by atoms with Crippen LogP contribution in [0.3, 0.4) is 0 Å². The monoisotopic (exact) mass is 352 g/mol. The van der Waals surface area contributed by atoms with E-state index in [4.69, 9.17) is 11.6 Å². The van der Waals surface area contributed by atoms with Crippen LogP contribution in [0.4, 0.5) is 0 Å². The van der Waals surface area contributed by atoms with Gasteiger partial charge < -0.3 is 4.98 Å². The number of rotatable bonds is 3. The zero-order valence-corrected chi connectivity index (χ0v) is 13.8. The van der Waals surface area contributed by atoms with Crippen molar-refractivity contribution in [2.24, 2.45) is 0 Å². The van der Waals surface area contributed by atoms with Crippen LogP contribution in [0.2, 0.25) is 5.02 Å². The second-order valence-corrected chi connectivity index (χ2v) is 6.12. The fourth-order valence-corrected chi connectivity index (χ4v) is 2.94. The van der Waals surface area contributed by atoms with E-state index in [0.29, 0.717) is 45.6 Å². The summed E-state index contributed by atoms with van der Waals surface area (Å²) in [4.78, 5) is 36.1. The van der Waals surface area contributed by atoms with Crippen LogP contribution in [0.5, 0.6) is 0 Å². The zero-order valence-electron chi connectivity index (χ0n) is 13.1. The molecule has 0 aliphatic rings. The topological polar surface area (TPSA) is 80.6 Å². The Balaban J connectivity index is 1.68. The van der Waals surface area contributed by atoms with Crippen molar-refractivity contribution in [2.75, 3.05) is 0 Å². The van der Waals surface area contributed by atoms with Crippen LogP contribution in [0.25, 0.3) is 21.8 Å². The van der Waals surface area contributed by atoms with E-state index in [1.54, 1.807) is 36.4 Å². The van der Waals surface area contributed by atoms with Gasteiger partial charge in [0.25, 0.3) is 11.1 Å². The van der Waals surface area contributed by atoms with Gasteiger partial charge in [0.1, 0.15) is 5.82 Å². The van der Waals surface area contributed by atoms with Crippen molar-refractivity contribution in [2.45, 2.75) is 13.0 Å². The van der Waals surface area contributed by atoms with Gasteiger partial charge in [-0.2, -0.15) is 0 Å². The highest BCUT2D eigenvalue weighted by atomic mass is 35.5. The highest BCUT2D eigenvalue weighted by Gasteiger charge is 2.07. The van der Waals surface area contributed by atoms with Crippen molar-refractivity contribution in [1.29, 1.82) is 0 Å². The number of hydrogen-bond acceptors (Lipinski definition) is 4. The van der Waals surface area contributed by atoms with Gasteiger partial charge in [0.15, 0.2) is 0 Å². The fourth-order valence-electron chi connectivity index (χ4n) is 2.77. The van der Waals surface area contributed by atoms with Crippen molar-refractivity contribution in [1.82, 2.24) is 19.5 Å². The number of benzene rings is 2. The van der Waals surface area contributed by atoms with Crippen LogP contribution in [-0.2, 0) is 13.0 Å². The molecule has 0 fully saturated rings. The van der Waals surface area contributed by atoms with Gasteiger partial charge in [-0.25, -0.2) is 9.97 Å². The van der Waals surface area contributed by atoms with E-state index >= 15 is 0 Å². The molecule has 0 bridgehead atoms. The summed E-state index contributed by atoms with van der Waals surface area (Å²) in [5, 5.41) is 1.50. The first kappa shape index (κ1) is 15.5. The highest BCUT2D eigenvalue weighted by Crippen LogP contribution is 2.14. The quantitative estimate of drug-likeness (QED) is 0.614. The highest BCUT2D eigenvalue weighted by molar-refractivity contribution is 6.31. The summed E-state index contributed by atoms with van der Waals surface area (Å²) >= 11 is 5.96. The Kier molecular flexibility index (Phi) is 3.82. The number of hydrogen-bond donors (Lipinski definition) is 1. The van der Waals surface area contributed by atoms with Gasteiger partial charge in [-0.15, -0.1) is 0 Å². The van der Waals surface area contributed by atoms with Crippen molar-refractivity contribution >= 4 is 33.4 Å². The molecule has 124 valence electrons. The second-order valence-electron chi connectivity index (χ2n) is 5.68. The normalized spacial score (nSPS) is 11.2. The van der Waals surface area contributed by atoms with Crippen molar-refractivity contribution in [3.63, 3.8) is 0 Å². The number of nitrogens with zero attached hydrogens (tertiary/aromatic N) is 3. The molecule has 0 atom stereocenters. The van der Waals surface area contributed by atoms with E-state index in [-0.39, 0.29) is 11.1 Å². The van der Waals surface area contributed by atoms with Gasteiger partial charge in [0, 0.05) is 18.0 Å². The van der Waals surface area contributed by atoms with Gasteiger partial charge in [-0.05, 0) is 30.3 Å². The standard InChI is InChI=1S/C18H13ClN4O2/c19-11-5-6-14-13(9-11)18(25)23(10-20-14)8-7-16-21-15-4-2-1-3-12(15)17(24)22-16/h1-6,9-10H,7-8H2,(H,21,22,24). The Morgan fingerprint density at radius 3 is 2.76 bits per heavy atom. The molecule has 0 spiro atoms. The van der Waals surface area contributed by atoms with E-state index in [0.717, 1.165) is 0 Å². The molecule has 0 radical (unpaired) electrons. The maximum Gasteiger partial charge on any atom is 0.261 e. The third kappa shape index (κ3) is 2.92. The Bertz CT molecular complexity index is 1210. The molecule has 6 nitrogen and oxygen atoms in total. The number of fused-ring (bicyclic) bond motifs is 2. The van der Waals surface area contributed by atoms with Crippen LogP contribution in [0.15, 0.2) is 58.4 Å². The Morgan fingerprint density at radius 1 is 1.04 bits per heavy atom. The largest absolute Gasteiger partial charge is 0.310 e. The zero-order chi connectivity index (χ0) is 17.4. The molecular weight excluding hydrogens is 340 g/mol. The number of para-hydroxylation sites is 1. The Hall–Kier alpha value is -2.99. The second kappa shape index (κ2) is 6.14. The maximum absolute atomic E-state index is 12.6. The van der Waals surface area contributed by atoms with E-state index in [1.807, 2.05) is 6.07 Å². The average Bonchev–Trinajstić information content (AvgIpc) is 2.62. The first-order valence-electron chi connectivity index (χ1n) is 7.74. The van der Waals surface area contributed by atoms with Crippen LogP contribution in [0, 0.1) is 0 Å². The lowest BCUT2D eigenvalue weighted by molar-refractivity contribution is 0.643. The Morgan fingerprint density at radius 2 is 1.88 bits per heavy atom. The maximum atomic E-state index is 12.6. The molecule has 4 rings (SSSR count). The number of aromatic amines is 1. The molecule has 0 saturated heterocycles. The molecule has 25 heavy (non-hydrogen) atoms. The molecule has 0 aliphatic heterocycles. The lowest BCUT2D eigenvalue weighted by Crippen LogP contribution is -2.22. The molecule has 2 heterocycles. The molecule has 0 aliphatic carbocycles. The van der Waals surface area contributed by atoms with E-state index in [1.165, 1.54) is 10.9 Å². The van der Waals surface area contributed by atoms with Crippen molar-refractivity contribution in [3.8, 4) is 0 Å². The Labute approximate surface area is 146 Å². The summed E-state index contributed by atoms with van der Waals surface area (Å²) in [6, 6.07) is 12.2. The van der Waals surface area contributed by atoms with E-state index < -0.39 is 0 Å². The number of H-pyrrole nitrogens is 1. The van der Waals surface area contributed by atoms with Gasteiger partial charge in [-0.1, -0.05) is 23.7 Å². The predicted octanol–water partition coefficient (Wildman–Crippen LogP) is 2.53. The smallest absolute Gasteiger partial charge is 0.261 e. The number of nitrogens with one attached hydrogen (secondary N) is 1. The van der Waals surface area contributed by atoms with Crippen molar-refractivity contribution < 1.29 is 0 Å². The van der Waals surface area contributed by atoms with Gasteiger partial charge in [0.05, 0.1) is 28.1 Å². The van der Waals surface area contributed by atoms with Gasteiger partial charge in [-0.3, -0.25) is 14.2 Å². The fraction of sp³-hybridized carbons (Fsp3) is 0.111. The first-order chi connectivity index (χ1) is 12.1. The van der Waals surface area contributed by atoms with Crippen LogP contribution in [-0.4, -0.2) is 19.5 Å². The number of halogens is 1.